The number of benzene rings is 1. The number of amides is 1. The van der Waals surface area contributed by atoms with E-state index < -0.39 is 0 Å². The lowest BCUT2D eigenvalue weighted by Crippen LogP contribution is -2.41. The van der Waals surface area contributed by atoms with E-state index in [-0.39, 0.29) is 5.91 Å². The Bertz CT molecular complexity index is 490. The van der Waals surface area contributed by atoms with Crippen LogP contribution in [0.2, 0.25) is 0 Å². The van der Waals surface area contributed by atoms with Crippen LogP contribution in [0.4, 0.5) is 11.4 Å². The SMILES string of the molecule is CCC1CN(C(=O)c2ccc(N(C)C)c(N)c2)CCS1. The summed E-state index contributed by atoms with van der Waals surface area (Å²) in [6.45, 7) is 3.85. The summed E-state index contributed by atoms with van der Waals surface area (Å²) < 4.78 is 0. The molecule has 0 aliphatic carbocycles. The van der Waals surface area contributed by atoms with Crippen molar-refractivity contribution in [3.8, 4) is 0 Å². The molecule has 5 heteroatoms. The van der Waals surface area contributed by atoms with Gasteiger partial charge in [-0.3, -0.25) is 4.79 Å². The quantitative estimate of drug-likeness (QED) is 0.869. The third kappa shape index (κ3) is 3.20. The van der Waals surface area contributed by atoms with Gasteiger partial charge >= 0.3 is 0 Å². The third-order valence-electron chi connectivity index (χ3n) is 3.64. The van der Waals surface area contributed by atoms with Crippen molar-refractivity contribution in [3.05, 3.63) is 23.8 Å². The van der Waals surface area contributed by atoms with E-state index in [0.29, 0.717) is 16.5 Å². The van der Waals surface area contributed by atoms with Crippen molar-refractivity contribution < 1.29 is 4.79 Å². The molecule has 0 spiro atoms. The van der Waals surface area contributed by atoms with Gasteiger partial charge in [0, 0.05) is 43.8 Å². The van der Waals surface area contributed by atoms with Crippen LogP contribution in [-0.2, 0) is 0 Å². The maximum absolute atomic E-state index is 12.5. The minimum atomic E-state index is 0.0979. The minimum Gasteiger partial charge on any atom is -0.397 e. The summed E-state index contributed by atoms with van der Waals surface area (Å²) in [4.78, 5) is 16.4. The molecule has 1 saturated heterocycles. The van der Waals surface area contributed by atoms with Gasteiger partial charge in [-0.1, -0.05) is 6.92 Å². The fourth-order valence-electron chi connectivity index (χ4n) is 2.43. The van der Waals surface area contributed by atoms with Crippen LogP contribution in [0.25, 0.3) is 0 Å². The molecule has 1 aromatic rings. The van der Waals surface area contributed by atoms with Crippen molar-refractivity contribution in [2.75, 3.05) is 43.6 Å². The average Bonchev–Trinajstić information content (AvgIpc) is 2.46. The van der Waals surface area contributed by atoms with Crippen LogP contribution < -0.4 is 10.6 Å². The zero-order chi connectivity index (χ0) is 14.7. The number of hydrogen-bond donors (Lipinski definition) is 1. The van der Waals surface area contributed by atoms with E-state index in [1.807, 2.05) is 47.8 Å². The first-order valence-electron chi connectivity index (χ1n) is 7.00. The second-order valence-electron chi connectivity index (χ2n) is 5.32. The van der Waals surface area contributed by atoms with Gasteiger partial charge in [0.2, 0.25) is 0 Å². The van der Waals surface area contributed by atoms with Crippen LogP contribution in [0.15, 0.2) is 18.2 Å². The summed E-state index contributed by atoms with van der Waals surface area (Å²) in [7, 11) is 3.89. The molecule has 1 atom stereocenters. The summed E-state index contributed by atoms with van der Waals surface area (Å²) in [5, 5.41) is 0.561. The Kier molecular flexibility index (Phi) is 4.81. The summed E-state index contributed by atoms with van der Waals surface area (Å²) in [6, 6.07) is 5.58. The van der Waals surface area contributed by atoms with Crippen LogP contribution in [-0.4, -0.2) is 49.0 Å². The molecule has 0 bridgehead atoms. The summed E-state index contributed by atoms with van der Waals surface area (Å²) in [5.74, 6) is 1.12. The monoisotopic (exact) mass is 293 g/mol. The number of carbonyl (C=O) groups excluding carboxylic acids is 1. The molecule has 0 aromatic heterocycles. The highest BCUT2D eigenvalue weighted by molar-refractivity contribution is 8.00. The fraction of sp³-hybridized carbons (Fsp3) is 0.533. The molecular weight excluding hydrogens is 270 g/mol. The molecule has 1 aliphatic heterocycles. The smallest absolute Gasteiger partial charge is 0.253 e. The van der Waals surface area contributed by atoms with E-state index >= 15 is 0 Å². The van der Waals surface area contributed by atoms with Gasteiger partial charge in [-0.25, -0.2) is 0 Å². The van der Waals surface area contributed by atoms with E-state index in [0.717, 1.165) is 31.0 Å². The number of hydrogen-bond acceptors (Lipinski definition) is 4. The molecule has 1 aromatic carbocycles. The first kappa shape index (κ1) is 15.0. The van der Waals surface area contributed by atoms with E-state index in [4.69, 9.17) is 5.73 Å². The van der Waals surface area contributed by atoms with Crippen molar-refractivity contribution in [2.45, 2.75) is 18.6 Å². The minimum absolute atomic E-state index is 0.0979. The Balaban J connectivity index is 2.15. The number of thioether (sulfide) groups is 1. The normalized spacial score (nSPS) is 18.9. The molecule has 1 unspecified atom stereocenters. The summed E-state index contributed by atoms with van der Waals surface area (Å²) >= 11 is 1.96. The Morgan fingerprint density at radius 3 is 2.85 bits per heavy atom. The van der Waals surface area contributed by atoms with Gasteiger partial charge in [-0.15, -0.1) is 0 Å². The van der Waals surface area contributed by atoms with Crippen molar-refractivity contribution >= 4 is 29.0 Å². The van der Waals surface area contributed by atoms with Gasteiger partial charge < -0.3 is 15.5 Å². The van der Waals surface area contributed by atoms with Gasteiger partial charge in [-0.05, 0) is 24.6 Å². The molecule has 2 rings (SSSR count). The lowest BCUT2D eigenvalue weighted by molar-refractivity contribution is 0.0761. The highest BCUT2D eigenvalue weighted by atomic mass is 32.2. The standard InChI is InChI=1S/C15H23N3OS/c1-4-12-10-18(7-8-20-12)15(19)11-5-6-14(17(2)3)13(16)9-11/h5-6,9,12H,4,7-8,10,16H2,1-3H3. The zero-order valence-electron chi connectivity index (χ0n) is 12.4. The van der Waals surface area contributed by atoms with Gasteiger partial charge in [0.1, 0.15) is 0 Å². The predicted octanol–water partition coefficient (Wildman–Crippen LogP) is 2.30. The van der Waals surface area contributed by atoms with Crippen molar-refractivity contribution in [2.24, 2.45) is 0 Å². The molecule has 0 radical (unpaired) electrons. The van der Waals surface area contributed by atoms with Crippen LogP contribution in [0, 0.1) is 0 Å². The first-order chi connectivity index (χ1) is 9.52. The summed E-state index contributed by atoms with van der Waals surface area (Å²) in [5.41, 5.74) is 8.31. The molecule has 1 fully saturated rings. The lowest BCUT2D eigenvalue weighted by Gasteiger charge is -2.32. The third-order valence-corrected chi connectivity index (χ3v) is 5.01. The first-order valence-corrected chi connectivity index (χ1v) is 8.05. The Morgan fingerprint density at radius 1 is 1.50 bits per heavy atom. The molecule has 110 valence electrons. The Hall–Kier alpha value is -1.36. The number of anilines is 2. The van der Waals surface area contributed by atoms with E-state index in [9.17, 15) is 4.79 Å². The number of nitrogens with zero attached hydrogens (tertiary/aromatic N) is 2. The largest absolute Gasteiger partial charge is 0.397 e. The summed E-state index contributed by atoms with van der Waals surface area (Å²) in [6.07, 6.45) is 1.11. The van der Waals surface area contributed by atoms with Gasteiger partial charge in [0.15, 0.2) is 0 Å². The van der Waals surface area contributed by atoms with Crippen LogP contribution in [0.5, 0.6) is 0 Å². The highest BCUT2D eigenvalue weighted by Crippen LogP contribution is 2.25. The van der Waals surface area contributed by atoms with Crippen molar-refractivity contribution in [1.29, 1.82) is 0 Å². The van der Waals surface area contributed by atoms with E-state index in [1.165, 1.54) is 0 Å². The second kappa shape index (κ2) is 6.39. The van der Waals surface area contributed by atoms with Gasteiger partial charge in [-0.2, -0.15) is 11.8 Å². The molecule has 2 N–H and O–H groups in total. The second-order valence-corrected chi connectivity index (χ2v) is 6.73. The maximum atomic E-state index is 12.5. The Labute approximate surface area is 125 Å². The number of carbonyl (C=O) groups is 1. The molecule has 1 aliphatic rings. The maximum Gasteiger partial charge on any atom is 0.253 e. The topological polar surface area (TPSA) is 49.6 Å². The zero-order valence-corrected chi connectivity index (χ0v) is 13.2. The molecule has 1 amide bonds. The molecule has 4 nitrogen and oxygen atoms in total. The molecule has 1 heterocycles. The average molecular weight is 293 g/mol. The predicted molar refractivity (Wildman–Crippen MR) is 87.6 cm³/mol. The van der Waals surface area contributed by atoms with E-state index in [2.05, 4.69) is 6.92 Å². The number of nitrogens with two attached hydrogens (primary N) is 1. The molecular formula is C15H23N3OS. The van der Waals surface area contributed by atoms with Crippen LogP contribution in [0.1, 0.15) is 23.7 Å². The molecule has 0 saturated carbocycles. The lowest BCUT2D eigenvalue weighted by atomic mass is 10.1. The van der Waals surface area contributed by atoms with Crippen molar-refractivity contribution in [3.63, 3.8) is 0 Å². The van der Waals surface area contributed by atoms with Gasteiger partial charge in [0.05, 0.1) is 11.4 Å². The molecule has 20 heavy (non-hydrogen) atoms. The van der Waals surface area contributed by atoms with E-state index in [1.54, 1.807) is 6.07 Å². The van der Waals surface area contributed by atoms with Gasteiger partial charge in [0.25, 0.3) is 5.91 Å². The van der Waals surface area contributed by atoms with Crippen LogP contribution in [0.3, 0.4) is 0 Å². The van der Waals surface area contributed by atoms with Crippen LogP contribution >= 0.6 is 11.8 Å². The number of nitrogen functional groups attached to an aromatic ring is 1. The fourth-order valence-corrected chi connectivity index (χ4v) is 3.61. The highest BCUT2D eigenvalue weighted by Gasteiger charge is 2.24. The Morgan fingerprint density at radius 2 is 2.25 bits per heavy atom. The van der Waals surface area contributed by atoms with Crippen molar-refractivity contribution in [1.82, 2.24) is 4.90 Å². The number of rotatable bonds is 3.